The van der Waals surface area contributed by atoms with Crippen molar-refractivity contribution in [3.8, 4) is 0 Å². The van der Waals surface area contributed by atoms with Crippen molar-refractivity contribution in [3.05, 3.63) is 44.8 Å². The minimum Gasteiger partial charge on any atom is -0.459 e. The number of carbonyl (C=O) groups is 1. The summed E-state index contributed by atoms with van der Waals surface area (Å²) in [6, 6.07) is 7.83. The number of rotatable bonds is 9. The minimum absolute atomic E-state index is 0.107. The first kappa shape index (κ1) is 22.0. The molecule has 0 aliphatic heterocycles. The third kappa shape index (κ3) is 4.10. The topological polar surface area (TPSA) is 53.0 Å². The molecule has 5 nitrogen and oxygen atoms in total. The number of thiophene rings is 2. The maximum absolute atomic E-state index is 13.3. The number of hydrogen-bond donors (Lipinski definition) is 1. The second kappa shape index (κ2) is 9.09. The maximum Gasteiger partial charge on any atom is 0.349 e. The second-order valence-electron chi connectivity index (χ2n) is 8.97. The van der Waals surface area contributed by atoms with Crippen LogP contribution in [0.2, 0.25) is 0 Å². The zero-order valence-corrected chi connectivity index (χ0v) is 19.6. The normalized spacial score (nSPS) is 26.1. The van der Waals surface area contributed by atoms with Gasteiger partial charge >= 0.3 is 5.97 Å². The van der Waals surface area contributed by atoms with Crippen molar-refractivity contribution < 1.29 is 14.6 Å². The van der Waals surface area contributed by atoms with E-state index in [9.17, 15) is 9.90 Å². The van der Waals surface area contributed by atoms with Gasteiger partial charge in [-0.2, -0.15) is 0 Å². The van der Waals surface area contributed by atoms with E-state index in [1.54, 1.807) is 0 Å². The monoisotopic (exact) mass is 448 g/mol. The molecule has 2 fully saturated rings. The van der Waals surface area contributed by atoms with Gasteiger partial charge in [-0.05, 0) is 88.7 Å². The lowest BCUT2D eigenvalue weighted by Gasteiger charge is -2.31. The summed E-state index contributed by atoms with van der Waals surface area (Å²) >= 11 is 2.78. The molecule has 0 saturated heterocycles. The van der Waals surface area contributed by atoms with Crippen molar-refractivity contribution in [1.82, 2.24) is 9.80 Å². The molecule has 4 rings (SSSR count). The minimum atomic E-state index is -1.71. The summed E-state index contributed by atoms with van der Waals surface area (Å²) in [5.74, 6) is 0.409. The van der Waals surface area contributed by atoms with Crippen molar-refractivity contribution in [2.45, 2.75) is 43.4 Å². The Labute approximate surface area is 187 Å². The van der Waals surface area contributed by atoms with E-state index in [0.29, 0.717) is 27.6 Å². The highest BCUT2D eigenvalue weighted by Crippen LogP contribution is 2.49. The van der Waals surface area contributed by atoms with E-state index in [-0.39, 0.29) is 6.10 Å². The maximum atomic E-state index is 13.3. The van der Waals surface area contributed by atoms with Crippen molar-refractivity contribution in [2.24, 2.45) is 11.8 Å². The average Bonchev–Trinajstić information content (AvgIpc) is 3.51. The van der Waals surface area contributed by atoms with Crippen LogP contribution in [-0.2, 0) is 15.1 Å². The summed E-state index contributed by atoms with van der Waals surface area (Å²) in [6.07, 6.45) is 4.25. The molecule has 0 aromatic carbocycles. The molecule has 0 spiro atoms. The Morgan fingerprint density at radius 2 is 1.80 bits per heavy atom. The quantitative estimate of drug-likeness (QED) is 0.594. The molecule has 1 N–H and O–H groups in total. The van der Waals surface area contributed by atoms with Gasteiger partial charge in [-0.15, -0.1) is 22.7 Å². The highest BCUT2D eigenvalue weighted by molar-refractivity contribution is 7.12. The van der Waals surface area contributed by atoms with Crippen LogP contribution in [0.4, 0.5) is 0 Å². The lowest BCUT2D eigenvalue weighted by Crippen LogP contribution is -2.42. The van der Waals surface area contributed by atoms with Gasteiger partial charge in [-0.3, -0.25) is 0 Å². The number of ether oxygens (including phenoxy) is 1. The highest BCUT2D eigenvalue weighted by Gasteiger charge is 2.53. The molecule has 2 aromatic rings. The van der Waals surface area contributed by atoms with Crippen LogP contribution in [0.5, 0.6) is 0 Å². The van der Waals surface area contributed by atoms with E-state index in [4.69, 9.17) is 4.74 Å². The fraction of sp³-hybridized carbons (Fsp3) is 0.609. The van der Waals surface area contributed by atoms with Gasteiger partial charge in [0.15, 0.2) is 0 Å². The van der Waals surface area contributed by atoms with E-state index in [1.165, 1.54) is 29.1 Å². The zero-order valence-electron chi connectivity index (χ0n) is 18.0. The Bertz CT molecular complexity index is 787. The zero-order chi connectivity index (χ0) is 21.3. The molecule has 0 amide bonds. The fourth-order valence-corrected chi connectivity index (χ4v) is 7.07. The van der Waals surface area contributed by atoms with E-state index >= 15 is 0 Å². The van der Waals surface area contributed by atoms with Gasteiger partial charge < -0.3 is 19.6 Å². The smallest absolute Gasteiger partial charge is 0.349 e. The van der Waals surface area contributed by atoms with Gasteiger partial charge in [-0.1, -0.05) is 12.1 Å². The molecule has 2 aromatic heterocycles. The summed E-state index contributed by atoms with van der Waals surface area (Å²) in [7, 11) is 6.43. The van der Waals surface area contributed by atoms with Crippen LogP contribution in [0.1, 0.15) is 35.4 Å². The van der Waals surface area contributed by atoms with Gasteiger partial charge in [0.05, 0.1) is 9.75 Å². The molecular formula is C23H32N2O3S2. The van der Waals surface area contributed by atoms with Crippen molar-refractivity contribution >= 4 is 28.6 Å². The SMILES string of the molecule is CN(C)CCCN(C)C1C2CC[C@@H]1[C@H](OC(=O)C(O)(c1cccs1)c1cccs1)C2. The number of nitrogens with zero attached hydrogens (tertiary/aromatic N) is 2. The lowest BCUT2D eigenvalue weighted by atomic mass is 9.96. The molecule has 2 saturated carbocycles. The van der Waals surface area contributed by atoms with Gasteiger partial charge in [-0.25, -0.2) is 4.79 Å². The Balaban J connectivity index is 1.46. The average molecular weight is 449 g/mol. The first-order chi connectivity index (χ1) is 14.4. The largest absolute Gasteiger partial charge is 0.459 e. The van der Waals surface area contributed by atoms with Gasteiger partial charge in [0, 0.05) is 12.0 Å². The number of aliphatic hydroxyl groups is 1. The Morgan fingerprint density at radius 3 is 2.37 bits per heavy atom. The molecule has 7 heteroatoms. The van der Waals surface area contributed by atoms with E-state index in [1.807, 2.05) is 35.0 Å². The predicted octanol–water partition coefficient (Wildman–Crippen LogP) is 3.64. The summed E-state index contributed by atoms with van der Waals surface area (Å²) in [5.41, 5.74) is -1.71. The molecule has 2 aliphatic carbocycles. The summed E-state index contributed by atoms with van der Waals surface area (Å²) < 4.78 is 6.07. The Morgan fingerprint density at radius 1 is 1.13 bits per heavy atom. The number of fused-ring (bicyclic) bond motifs is 2. The van der Waals surface area contributed by atoms with Crippen LogP contribution >= 0.6 is 22.7 Å². The summed E-state index contributed by atoms with van der Waals surface area (Å²) in [6.45, 7) is 2.14. The molecule has 2 heterocycles. The van der Waals surface area contributed by atoms with Crippen LogP contribution in [-0.4, -0.2) is 67.3 Å². The molecule has 0 radical (unpaired) electrons. The van der Waals surface area contributed by atoms with E-state index in [2.05, 4.69) is 30.9 Å². The number of carbonyl (C=O) groups excluding carboxylic acids is 1. The molecule has 2 bridgehead atoms. The first-order valence-corrected chi connectivity index (χ1v) is 12.5. The second-order valence-corrected chi connectivity index (χ2v) is 10.9. The predicted molar refractivity (Wildman–Crippen MR) is 122 cm³/mol. The molecular weight excluding hydrogens is 416 g/mol. The lowest BCUT2D eigenvalue weighted by molar-refractivity contribution is -0.170. The molecule has 164 valence electrons. The summed E-state index contributed by atoms with van der Waals surface area (Å²) in [5, 5.41) is 15.3. The van der Waals surface area contributed by atoms with Crippen LogP contribution in [0.3, 0.4) is 0 Å². The first-order valence-electron chi connectivity index (χ1n) is 10.8. The van der Waals surface area contributed by atoms with Gasteiger partial charge in [0.1, 0.15) is 6.10 Å². The Hall–Kier alpha value is -1.25. The van der Waals surface area contributed by atoms with Crippen molar-refractivity contribution in [1.29, 1.82) is 0 Å². The third-order valence-electron chi connectivity index (χ3n) is 6.74. The van der Waals surface area contributed by atoms with Crippen LogP contribution < -0.4 is 0 Å². The van der Waals surface area contributed by atoms with Crippen LogP contribution in [0.15, 0.2) is 35.0 Å². The van der Waals surface area contributed by atoms with E-state index in [0.717, 1.165) is 32.4 Å². The molecule has 4 atom stereocenters. The molecule has 30 heavy (non-hydrogen) atoms. The van der Waals surface area contributed by atoms with Crippen molar-refractivity contribution in [2.75, 3.05) is 34.2 Å². The van der Waals surface area contributed by atoms with E-state index < -0.39 is 11.6 Å². The third-order valence-corrected chi connectivity index (χ3v) is 8.70. The van der Waals surface area contributed by atoms with Crippen LogP contribution in [0, 0.1) is 11.8 Å². The fourth-order valence-electron chi connectivity index (χ4n) is 5.36. The van der Waals surface area contributed by atoms with Crippen LogP contribution in [0.25, 0.3) is 0 Å². The standard InChI is InChI=1S/C23H32N2O3S2/c1-24(2)11-6-12-25(3)21-16-9-10-17(21)18(15-16)28-22(26)23(27,19-7-4-13-29-19)20-8-5-14-30-20/h4-5,7-8,13-14,16-18,21,27H,6,9-12,15H2,1-3H3/t16?,17-,18-,21?/m1/s1. The number of hydrogen-bond acceptors (Lipinski definition) is 7. The number of esters is 1. The molecule has 2 unspecified atom stereocenters. The molecule has 2 aliphatic rings. The summed E-state index contributed by atoms with van der Waals surface area (Å²) in [4.78, 5) is 19.3. The van der Waals surface area contributed by atoms with Crippen molar-refractivity contribution in [3.63, 3.8) is 0 Å². The van der Waals surface area contributed by atoms with Gasteiger partial charge in [0.25, 0.3) is 0 Å². The van der Waals surface area contributed by atoms with Gasteiger partial charge in [0.2, 0.25) is 5.60 Å². The Kier molecular flexibility index (Phi) is 6.65. The highest BCUT2D eigenvalue weighted by atomic mass is 32.1.